The highest BCUT2D eigenvalue weighted by Gasteiger charge is 2.33. The van der Waals surface area contributed by atoms with Gasteiger partial charge in [-0.15, -0.1) is 19.3 Å². The molecule has 0 aromatic rings. The summed E-state index contributed by atoms with van der Waals surface area (Å²) in [6, 6.07) is 0. The lowest BCUT2D eigenvalue weighted by atomic mass is 9.83. The lowest BCUT2D eigenvalue weighted by molar-refractivity contribution is -0.184. The van der Waals surface area contributed by atoms with Crippen molar-refractivity contribution in [2.75, 3.05) is 106 Å². The van der Waals surface area contributed by atoms with Crippen molar-refractivity contribution < 1.29 is 57.0 Å². The summed E-state index contributed by atoms with van der Waals surface area (Å²) in [4.78, 5) is 64.7. The molecule has 0 aromatic heterocycles. The van der Waals surface area contributed by atoms with Crippen LogP contribution in [0.15, 0.2) is 0 Å². The minimum atomic E-state index is -3.16. The van der Waals surface area contributed by atoms with Crippen molar-refractivity contribution in [1.29, 1.82) is 0 Å². The molecule has 0 saturated heterocycles. The average molecular weight is 860 g/mol. The molecule has 0 aliphatic heterocycles. The Balaban J connectivity index is 0. The molecular weight excluding hydrogens is 791 g/mol. The van der Waals surface area contributed by atoms with Crippen LogP contribution in [-0.2, 0) is 63.9 Å². The van der Waals surface area contributed by atoms with Crippen LogP contribution in [0.25, 0.3) is 0 Å². The highest BCUT2D eigenvalue weighted by Crippen LogP contribution is 2.42. The van der Waals surface area contributed by atoms with Crippen LogP contribution in [0.5, 0.6) is 0 Å². The molecule has 4 N–H and O–H groups in total. The van der Waals surface area contributed by atoms with E-state index < -0.39 is 12.0 Å². The molecule has 0 saturated carbocycles. The second-order valence-corrected chi connectivity index (χ2v) is 16.8. The number of hydrogen-bond donors (Lipinski definition) is 4. The zero-order valence-electron chi connectivity index (χ0n) is 33.7. The van der Waals surface area contributed by atoms with Gasteiger partial charge in [0.05, 0.1) is 66.1 Å². The van der Waals surface area contributed by atoms with Crippen molar-refractivity contribution in [3.05, 3.63) is 0 Å². The number of terminal acetylenes is 3. The molecule has 0 aromatic carbocycles. The first-order chi connectivity index (χ1) is 27.4. The molecule has 16 nitrogen and oxygen atoms in total. The van der Waals surface area contributed by atoms with Crippen LogP contribution in [0.1, 0.15) is 79.1 Å². The topological polar surface area (TPSA) is 204 Å². The molecule has 18 heteroatoms. The van der Waals surface area contributed by atoms with Crippen molar-refractivity contribution in [3.8, 4) is 37.0 Å². The van der Waals surface area contributed by atoms with E-state index in [2.05, 4.69) is 39.0 Å². The fourth-order valence-corrected chi connectivity index (χ4v) is 5.72. The third-order valence-corrected chi connectivity index (χ3v) is 11.4. The van der Waals surface area contributed by atoms with Crippen LogP contribution in [0.3, 0.4) is 0 Å². The Hall–Kier alpha value is -3.11. The molecule has 0 heterocycles. The highest BCUT2D eigenvalue weighted by atomic mass is 32.5. The second kappa shape index (κ2) is 38.1. The van der Waals surface area contributed by atoms with E-state index in [1.807, 2.05) is 0 Å². The van der Waals surface area contributed by atoms with E-state index >= 15 is 0 Å². The summed E-state index contributed by atoms with van der Waals surface area (Å²) in [7, 11) is 0. The maximum Gasteiger partial charge on any atom is 0.220 e. The molecule has 332 valence electrons. The van der Waals surface area contributed by atoms with E-state index in [1.165, 1.54) is 0 Å². The van der Waals surface area contributed by atoms with Crippen LogP contribution in [0, 0.1) is 37.0 Å². The average Bonchev–Trinajstić information content (AvgIpc) is 3.18. The van der Waals surface area contributed by atoms with Crippen molar-refractivity contribution in [2.24, 2.45) is 0 Å². The molecule has 58 heavy (non-hydrogen) atoms. The first-order valence-electron chi connectivity index (χ1n) is 19.2. The number of nitrogens with one attached hydrogen (secondary N) is 4. The van der Waals surface area contributed by atoms with Crippen molar-refractivity contribution in [2.45, 2.75) is 90.3 Å². The predicted octanol–water partition coefficient (Wildman–Crippen LogP) is 1.43. The first-order valence-corrected chi connectivity index (χ1v) is 21.9. The van der Waals surface area contributed by atoms with Gasteiger partial charge >= 0.3 is 0 Å². The van der Waals surface area contributed by atoms with Gasteiger partial charge in [-0.25, -0.2) is 0 Å². The molecule has 0 aliphatic carbocycles. The van der Waals surface area contributed by atoms with E-state index in [-0.39, 0.29) is 148 Å². The van der Waals surface area contributed by atoms with E-state index in [0.717, 1.165) is 0 Å². The van der Waals surface area contributed by atoms with Gasteiger partial charge in [-0.3, -0.25) is 19.2 Å². The van der Waals surface area contributed by atoms with E-state index in [1.54, 1.807) is 13.8 Å². The fourth-order valence-electron chi connectivity index (χ4n) is 4.81. The lowest BCUT2D eigenvalue weighted by Crippen LogP contribution is -2.50. The number of hydrogen-bond acceptors (Lipinski definition) is 13. The van der Waals surface area contributed by atoms with Crippen LogP contribution in [-0.4, -0.2) is 140 Å². The molecule has 0 fully saturated rings. The molecular formula is C40H68N4O12PS-. The van der Waals surface area contributed by atoms with Crippen LogP contribution in [0.2, 0.25) is 0 Å². The minimum absolute atomic E-state index is 0. The maximum absolute atomic E-state index is 13.4. The molecule has 4 amide bonds. The van der Waals surface area contributed by atoms with Gasteiger partial charge in [0.2, 0.25) is 23.6 Å². The Morgan fingerprint density at radius 3 is 1.29 bits per heavy atom. The van der Waals surface area contributed by atoms with Gasteiger partial charge in [-0.05, 0) is 44.3 Å². The number of carbonyl (C=O) groups excluding carboxylic acids is 4. The van der Waals surface area contributed by atoms with Gasteiger partial charge < -0.3 is 59.1 Å². The van der Waals surface area contributed by atoms with Gasteiger partial charge in [0.15, 0.2) is 0 Å². The largest absolute Gasteiger partial charge is 0.801 e. The number of ether oxygens (including phenoxy) is 6. The molecule has 0 rings (SSSR count). The lowest BCUT2D eigenvalue weighted by Gasteiger charge is -2.35. The summed E-state index contributed by atoms with van der Waals surface area (Å²) >= 11 is 5.07. The van der Waals surface area contributed by atoms with E-state index in [9.17, 15) is 24.1 Å². The monoisotopic (exact) mass is 859 g/mol. The number of carbonyl (C=O) groups is 4. The van der Waals surface area contributed by atoms with Gasteiger partial charge in [0.25, 0.3) is 0 Å². The molecule has 1 unspecified atom stereocenters. The Kier molecular flexibility index (Phi) is 37.4. The Morgan fingerprint density at radius 2 is 0.948 bits per heavy atom. The number of rotatable bonds is 38. The SMILES string of the molecule is C.C#CCOCCOCCNC(=O)CCC(CCC(=O)NCCOCCOCC#C)(CCC(=O)NCCOCCOCC#C)NC(=O)CCCCOP([O-])(=S)C(C)C. The number of amides is 4. The van der Waals surface area contributed by atoms with Crippen LogP contribution >= 0.6 is 6.49 Å². The minimum Gasteiger partial charge on any atom is -0.801 e. The highest BCUT2D eigenvalue weighted by molar-refractivity contribution is 8.09. The molecule has 1 atom stereocenters. The maximum atomic E-state index is 13.4. The Labute approximate surface area is 352 Å². The van der Waals surface area contributed by atoms with Crippen LogP contribution < -0.4 is 26.2 Å². The molecule has 0 spiro atoms. The summed E-state index contributed by atoms with van der Waals surface area (Å²) in [6.45, 7) is 4.37. The summed E-state index contributed by atoms with van der Waals surface area (Å²) in [5, 5.41) is 11.5. The Morgan fingerprint density at radius 1 is 0.586 bits per heavy atom. The normalized spacial score (nSPS) is 11.9. The van der Waals surface area contributed by atoms with Crippen molar-refractivity contribution >= 4 is 41.9 Å². The smallest absolute Gasteiger partial charge is 0.220 e. The third kappa shape index (κ3) is 33.8. The number of unbranched alkanes of at least 4 members (excludes halogenated alkanes) is 1. The second-order valence-electron chi connectivity index (χ2n) is 12.9. The summed E-state index contributed by atoms with van der Waals surface area (Å²) < 4.78 is 37.3. The molecule has 0 bridgehead atoms. The quantitative estimate of drug-likeness (QED) is 0.0395. The van der Waals surface area contributed by atoms with Crippen LogP contribution in [0.4, 0.5) is 0 Å². The predicted molar refractivity (Wildman–Crippen MR) is 225 cm³/mol. The standard InChI is InChI=1S/C39H65N4O12PS.CH4/c1-6-21-49-28-31-52-25-18-40-35(44)12-15-39(16-13-36(45)41-19-26-53-32-29-50-22-7-2,17-14-37(46)42-20-27-54-33-30-51-23-8-3)43-38(47)11-9-10-24-55-56(48,57)34(4)5;/h1-3,34H,9-33H2,4-5H3,(H,40,44)(H,41,45)(H,42,46)(H,43,47)(H,48,57);1H4/p-1. The summed E-state index contributed by atoms with van der Waals surface area (Å²) in [5.74, 6) is 5.89. The Bertz CT molecular complexity index is 1190. The van der Waals surface area contributed by atoms with Crippen molar-refractivity contribution in [1.82, 2.24) is 21.3 Å². The van der Waals surface area contributed by atoms with E-state index in [0.29, 0.717) is 52.5 Å². The first kappa shape index (κ1) is 57.0. The zero-order chi connectivity index (χ0) is 42.5. The van der Waals surface area contributed by atoms with Crippen molar-refractivity contribution in [3.63, 3.8) is 0 Å². The summed E-state index contributed by atoms with van der Waals surface area (Å²) in [5.41, 5.74) is -1.40. The fraction of sp³-hybridized carbons (Fsp3) is 0.750. The zero-order valence-corrected chi connectivity index (χ0v) is 35.5. The van der Waals surface area contributed by atoms with E-state index in [4.69, 9.17) is 64.0 Å². The van der Waals surface area contributed by atoms with Gasteiger partial charge in [0, 0.05) is 50.9 Å². The summed E-state index contributed by atoms with van der Waals surface area (Å²) in [6.07, 6.45) is 16.8. The third-order valence-electron chi connectivity index (χ3n) is 7.98. The van der Waals surface area contributed by atoms with Gasteiger partial charge in [-0.2, -0.15) is 0 Å². The van der Waals surface area contributed by atoms with Gasteiger partial charge in [-0.1, -0.05) is 50.8 Å². The molecule has 0 aliphatic rings. The van der Waals surface area contributed by atoms with Gasteiger partial charge in [0.1, 0.15) is 19.8 Å². The molecule has 0 radical (unpaired) electrons.